The first-order valence-electron chi connectivity index (χ1n) is 19.4. The van der Waals surface area contributed by atoms with Crippen molar-refractivity contribution in [1.29, 1.82) is 0 Å². The lowest BCUT2D eigenvalue weighted by Gasteiger charge is -2.24. The van der Waals surface area contributed by atoms with Gasteiger partial charge >= 0.3 is 11.9 Å². The normalized spacial score (nSPS) is 14.3. The molecule has 0 spiro atoms. The van der Waals surface area contributed by atoms with E-state index in [9.17, 15) is 24.3 Å². The van der Waals surface area contributed by atoms with E-state index in [1.54, 1.807) is 27.4 Å². The van der Waals surface area contributed by atoms with Crippen molar-refractivity contribution in [3.63, 3.8) is 0 Å². The highest BCUT2D eigenvalue weighted by Gasteiger charge is 2.25. The number of amides is 2. The summed E-state index contributed by atoms with van der Waals surface area (Å²) in [4.78, 5) is 66.9. The molecule has 2 amide bonds. The number of hydrogen-bond acceptors (Lipinski definition) is 13. The van der Waals surface area contributed by atoms with Gasteiger partial charge in [-0.3, -0.25) is 24.9 Å². The Bertz CT molecular complexity index is 2650. The molecule has 2 aromatic carbocycles. The second-order valence-corrected chi connectivity index (χ2v) is 15.3. The number of esters is 1. The first kappa shape index (κ1) is 41.7. The molecular formula is C41H46N10O8S. The number of morpholine rings is 1. The monoisotopic (exact) mass is 838 g/mol. The molecule has 1 unspecified atom stereocenters. The first-order valence-corrected chi connectivity index (χ1v) is 20.3. The Labute approximate surface area is 348 Å². The maximum absolute atomic E-state index is 13.8. The smallest absolute Gasteiger partial charge is 0.337 e. The Morgan fingerprint density at radius 2 is 1.62 bits per heavy atom. The summed E-state index contributed by atoms with van der Waals surface area (Å²) in [5.41, 5.74) is 4.76. The van der Waals surface area contributed by atoms with Crippen LogP contribution in [0, 0.1) is 13.8 Å². The average molecular weight is 839 g/mol. The minimum Gasteiger partial charge on any atom is -0.494 e. The number of aromatic carboxylic acids is 1. The first-order chi connectivity index (χ1) is 28.9. The van der Waals surface area contributed by atoms with E-state index in [0.717, 1.165) is 10.6 Å². The second-order valence-electron chi connectivity index (χ2n) is 14.1. The number of methoxy groups -OCH3 is 2. The number of rotatable bonds is 15. The van der Waals surface area contributed by atoms with E-state index in [1.807, 2.05) is 44.4 Å². The quantitative estimate of drug-likeness (QED) is 0.0790. The largest absolute Gasteiger partial charge is 0.494 e. The molecular weight excluding hydrogens is 793 g/mol. The zero-order valence-electron chi connectivity index (χ0n) is 34.1. The van der Waals surface area contributed by atoms with Gasteiger partial charge in [-0.25, -0.2) is 24.5 Å². The van der Waals surface area contributed by atoms with Crippen molar-refractivity contribution in [2.24, 2.45) is 0 Å². The minimum absolute atomic E-state index is 0.0244. The number of imidazole rings is 2. The molecule has 0 aliphatic carbocycles. The number of nitrogens with one attached hydrogen (secondary N) is 3. The van der Waals surface area contributed by atoms with Crippen LogP contribution in [-0.4, -0.2) is 103 Å². The number of hydrogen-bond donors (Lipinski definition) is 4. The van der Waals surface area contributed by atoms with Crippen molar-refractivity contribution < 1.29 is 38.5 Å². The molecule has 0 saturated carbocycles. The van der Waals surface area contributed by atoms with Crippen LogP contribution in [0.25, 0.3) is 22.1 Å². The highest BCUT2D eigenvalue weighted by atomic mass is 32.1. The number of anilines is 2. The van der Waals surface area contributed by atoms with E-state index < -0.39 is 23.8 Å². The molecule has 4 N–H and O–H groups in total. The van der Waals surface area contributed by atoms with Crippen molar-refractivity contribution in [3.05, 3.63) is 86.1 Å². The zero-order chi connectivity index (χ0) is 42.7. The van der Waals surface area contributed by atoms with Gasteiger partial charge in [0.15, 0.2) is 0 Å². The lowest BCUT2D eigenvalue weighted by Crippen LogP contribution is -2.42. The van der Waals surface area contributed by atoms with Crippen LogP contribution in [-0.2, 0) is 41.9 Å². The number of carboxylic acid groups (broad SMARTS) is 1. The molecule has 0 radical (unpaired) electrons. The van der Waals surface area contributed by atoms with Gasteiger partial charge in [-0.05, 0) is 69.5 Å². The number of aryl methyl sites for hydroxylation is 4. The second kappa shape index (κ2) is 17.8. The fourth-order valence-corrected chi connectivity index (χ4v) is 8.26. The van der Waals surface area contributed by atoms with Crippen molar-refractivity contribution in [2.45, 2.75) is 66.2 Å². The number of thiazole rings is 1. The maximum atomic E-state index is 13.8. The maximum Gasteiger partial charge on any atom is 0.337 e. The van der Waals surface area contributed by atoms with Gasteiger partial charge in [0.25, 0.3) is 11.8 Å². The number of allylic oxidation sites excluding steroid dienone is 2. The molecule has 5 heterocycles. The molecule has 19 heteroatoms. The summed E-state index contributed by atoms with van der Waals surface area (Å²) in [5, 5.41) is 24.4. The zero-order valence-corrected chi connectivity index (χ0v) is 34.9. The number of nitrogens with zero attached hydrogens (tertiary/aromatic N) is 7. The van der Waals surface area contributed by atoms with Crippen LogP contribution in [0.1, 0.15) is 76.7 Å². The minimum atomic E-state index is -1.16. The van der Waals surface area contributed by atoms with E-state index in [-0.39, 0.29) is 42.3 Å². The van der Waals surface area contributed by atoms with E-state index in [4.69, 9.17) is 19.2 Å². The van der Waals surface area contributed by atoms with Crippen molar-refractivity contribution in [3.8, 4) is 5.75 Å². The third-order valence-corrected chi connectivity index (χ3v) is 11.1. The molecule has 1 saturated heterocycles. The predicted octanol–water partition coefficient (Wildman–Crippen LogP) is 5.02. The van der Waals surface area contributed by atoms with Crippen molar-refractivity contribution in [1.82, 2.24) is 39.2 Å². The summed E-state index contributed by atoms with van der Waals surface area (Å²) in [7, 11) is 2.76. The Kier molecular flexibility index (Phi) is 12.4. The molecule has 4 aromatic heterocycles. The molecule has 1 aliphatic heterocycles. The lowest BCUT2D eigenvalue weighted by atomic mass is 10.0. The predicted molar refractivity (Wildman–Crippen MR) is 225 cm³/mol. The molecule has 7 rings (SSSR count). The van der Waals surface area contributed by atoms with Gasteiger partial charge in [0.2, 0.25) is 11.9 Å². The van der Waals surface area contributed by atoms with Gasteiger partial charge in [-0.2, -0.15) is 5.10 Å². The van der Waals surface area contributed by atoms with Gasteiger partial charge in [-0.15, -0.1) is 11.3 Å². The Morgan fingerprint density at radius 3 is 2.25 bits per heavy atom. The van der Waals surface area contributed by atoms with Gasteiger partial charge < -0.3 is 33.8 Å². The summed E-state index contributed by atoms with van der Waals surface area (Å²) in [6.45, 7) is 10.1. The Balaban J connectivity index is 1.30. The van der Waals surface area contributed by atoms with Gasteiger partial charge in [0, 0.05) is 32.2 Å². The number of fused-ring (bicyclic) bond motifs is 2. The van der Waals surface area contributed by atoms with Crippen LogP contribution in [0.15, 0.2) is 42.5 Å². The molecule has 314 valence electrons. The number of aromatic nitrogens is 7. The molecule has 6 aromatic rings. The molecule has 1 fully saturated rings. The van der Waals surface area contributed by atoms with E-state index in [2.05, 4.69) is 31.0 Å². The van der Waals surface area contributed by atoms with Crippen LogP contribution in [0.4, 0.5) is 11.9 Å². The summed E-state index contributed by atoms with van der Waals surface area (Å²) in [6, 6.07) is 7.93. The van der Waals surface area contributed by atoms with E-state index >= 15 is 0 Å². The summed E-state index contributed by atoms with van der Waals surface area (Å²) < 4.78 is 21.7. The number of ether oxygens (including phenoxy) is 3. The number of carbonyl (C=O) groups is 4. The van der Waals surface area contributed by atoms with Crippen LogP contribution < -0.4 is 20.7 Å². The van der Waals surface area contributed by atoms with Crippen LogP contribution in [0.3, 0.4) is 0 Å². The van der Waals surface area contributed by atoms with Crippen molar-refractivity contribution in [2.75, 3.05) is 44.6 Å². The van der Waals surface area contributed by atoms with Crippen molar-refractivity contribution >= 4 is 69.1 Å². The number of carbonyl (C=O) groups excluding carboxylic acids is 3. The SMILES string of the molecule is CCc1nc(C)sc1C(=O)Nc1nc2cc(C(=O)O)cc(OC)c2n1C/C=C/Cn1c(NC(=O)c2cc(C)nn2CC)nc2cc(C(=O)OC)cc(CC3COCCN3)c21. The van der Waals surface area contributed by atoms with Gasteiger partial charge in [0.1, 0.15) is 21.8 Å². The van der Waals surface area contributed by atoms with Crippen LogP contribution in [0.2, 0.25) is 0 Å². The topological polar surface area (TPSA) is 219 Å². The average Bonchev–Trinajstić information content (AvgIpc) is 4.01. The number of carboxylic acids is 1. The van der Waals surface area contributed by atoms with E-state index in [0.29, 0.717) is 88.7 Å². The molecule has 60 heavy (non-hydrogen) atoms. The molecule has 1 aliphatic rings. The summed E-state index contributed by atoms with van der Waals surface area (Å²) in [5.74, 6) is -1.80. The third kappa shape index (κ3) is 8.50. The molecule has 18 nitrogen and oxygen atoms in total. The summed E-state index contributed by atoms with van der Waals surface area (Å²) in [6.07, 6.45) is 4.80. The Morgan fingerprint density at radius 1 is 0.933 bits per heavy atom. The molecule has 1 atom stereocenters. The van der Waals surface area contributed by atoms with E-state index in [1.165, 1.54) is 37.7 Å². The van der Waals surface area contributed by atoms with Gasteiger partial charge in [-0.1, -0.05) is 19.1 Å². The molecule has 0 bridgehead atoms. The third-order valence-electron chi connectivity index (χ3n) is 10.1. The Hall–Kier alpha value is -6.44. The number of benzene rings is 2. The fraction of sp³-hybridized carbons (Fsp3) is 0.366. The summed E-state index contributed by atoms with van der Waals surface area (Å²) >= 11 is 1.28. The standard InChI is InChI=1S/C41H46N10O8S/c1-7-28-35(60-23(4)43-28)37(53)47-41-45-30-18-25(38(54)55)20-32(57-5)34(30)50(41)13-10-9-12-49-33-24(17-27-21-59-14-11-42-27)16-26(39(56)58-6)19-29(33)44-40(49)46-36(52)31-15-22(3)48-51(31)8-2/h9-10,15-16,18-20,27,42H,7-8,11-14,17,21H2,1-6H3,(H,54,55)(H,44,46,52)(H,45,47,53)/b10-9+. The highest BCUT2D eigenvalue weighted by molar-refractivity contribution is 7.13. The fourth-order valence-electron chi connectivity index (χ4n) is 7.36. The van der Waals surface area contributed by atoms with Crippen LogP contribution >= 0.6 is 11.3 Å². The van der Waals surface area contributed by atoms with Crippen LogP contribution in [0.5, 0.6) is 5.75 Å². The highest BCUT2D eigenvalue weighted by Crippen LogP contribution is 2.32. The van der Waals surface area contributed by atoms with Gasteiger partial charge in [0.05, 0.1) is 71.5 Å². The lowest BCUT2D eigenvalue weighted by molar-refractivity contribution is 0.0599.